The summed E-state index contributed by atoms with van der Waals surface area (Å²) in [5.41, 5.74) is 2.16. The van der Waals surface area contributed by atoms with Gasteiger partial charge in [-0.25, -0.2) is 14.4 Å². The Morgan fingerprint density at radius 1 is 1.11 bits per heavy atom. The van der Waals surface area contributed by atoms with E-state index < -0.39 is 5.82 Å². The number of carbonyl (C=O) groups is 1. The quantitative estimate of drug-likeness (QED) is 0.447. The molecule has 1 aromatic carbocycles. The van der Waals surface area contributed by atoms with Crippen LogP contribution in [-0.2, 0) is 5.41 Å². The number of hydrogen-bond donors (Lipinski definition) is 0. The van der Waals surface area contributed by atoms with Gasteiger partial charge in [-0.05, 0) is 47.4 Å². The van der Waals surface area contributed by atoms with Crippen LogP contribution in [0.2, 0.25) is 0 Å². The summed E-state index contributed by atoms with van der Waals surface area (Å²) in [5.74, 6) is -0.187. The molecule has 4 nitrogen and oxygen atoms in total. The highest BCUT2D eigenvalue weighted by Crippen LogP contribution is 2.26. The zero-order chi connectivity index (χ0) is 20.7. The summed E-state index contributed by atoms with van der Waals surface area (Å²) in [5, 5.41) is 0. The van der Waals surface area contributed by atoms with E-state index in [1.165, 1.54) is 18.9 Å². The van der Waals surface area contributed by atoms with Gasteiger partial charge in [0.05, 0.1) is 5.56 Å². The van der Waals surface area contributed by atoms with Gasteiger partial charge >= 0.3 is 0 Å². The van der Waals surface area contributed by atoms with Crippen LogP contribution in [-0.4, -0.2) is 34.7 Å². The van der Waals surface area contributed by atoms with Crippen molar-refractivity contribution in [3.8, 4) is 11.4 Å². The van der Waals surface area contributed by atoms with E-state index >= 15 is 0 Å². The normalized spacial score (nSPS) is 11.8. The Morgan fingerprint density at radius 3 is 2.36 bits per heavy atom. The molecule has 0 aliphatic heterocycles. The Bertz CT molecular complexity index is 823. The van der Waals surface area contributed by atoms with Crippen LogP contribution in [0.25, 0.3) is 17.5 Å². The second-order valence-corrected chi connectivity index (χ2v) is 8.13. The molecule has 0 spiro atoms. The van der Waals surface area contributed by atoms with E-state index in [2.05, 4.69) is 42.6 Å². The van der Waals surface area contributed by atoms with Crippen LogP contribution in [0.5, 0.6) is 0 Å². The first-order valence-corrected chi connectivity index (χ1v) is 9.76. The summed E-state index contributed by atoms with van der Waals surface area (Å²) in [6.45, 7) is 9.33. The van der Waals surface area contributed by atoms with Crippen LogP contribution in [0.3, 0.4) is 0 Å². The van der Waals surface area contributed by atoms with E-state index in [0.717, 1.165) is 18.5 Å². The number of carbonyl (C=O) groups excluding carboxylic acids is 1. The van der Waals surface area contributed by atoms with E-state index in [9.17, 15) is 9.18 Å². The summed E-state index contributed by atoms with van der Waals surface area (Å²) in [4.78, 5) is 22.2. The largest absolute Gasteiger partial charge is 0.380 e. The number of aldehydes is 1. The summed E-state index contributed by atoms with van der Waals surface area (Å²) in [6, 6.07) is 2.89. The fourth-order valence-electron chi connectivity index (χ4n) is 2.77. The Morgan fingerprint density at radius 2 is 1.79 bits per heavy atom. The lowest BCUT2D eigenvalue weighted by atomic mass is 9.89. The molecule has 0 saturated heterocycles. The molecule has 0 aliphatic carbocycles. The minimum atomic E-state index is -0.501. The Labute approximate surface area is 167 Å². The molecule has 0 aliphatic rings. The van der Waals surface area contributed by atoms with Crippen LogP contribution in [0.4, 0.5) is 4.39 Å². The standard InChI is InChI=1S/C23H30FN3O/c1-6-7-8-10-27(5)11-9-17-12-20(21(24)13-18(17)16-28)22-25-14-19(15-26-22)23(2,3)4/h9,11-16H,6-8,10H2,1-5H3/b11-9-. The summed E-state index contributed by atoms with van der Waals surface area (Å²) in [7, 11) is 1.99. The Balaban J connectivity index is 2.32. The van der Waals surface area contributed by atoms with Crippen molar-refractivity contribution in [2.45, 2.75) is 52.4 Å². The molecule has 0 radical (unpaired) electrons. The first-order chi connectivity index (χ1) is 13.3. The fraction of sp³-hybridized carbons (Fsp3) is 0.435. The maximum absolute atomic E-state index is 14.6. The zero-order valence-electron chi connectivity index (χ0n) is 17.5. The molecule has 5 heteroatoms. The average molecular weight is 384 g/mol. The van der Waals surface area contributed by atoms with Crippen LogP contribution >= 0.6 is 0 Å². The average Bonchev–Trinajstić information content (AvgIpc) is 2.66. The maximum atomic E-state index is 14.6. The van der Waals surface area contributed by atoms with Crippen molar-refractivity contribution >= 4 is 12.4 Å². The van der Waals surface area contributed by atoms with Crippen LogP contribution in [0, 0.1) is 5.82 Å². The second kappa shape index (κ2) is 9.58. The minimum absolute atomic E-state index is 0.0747. The van der Waals surface area contributed by atoms with E-state index in [-0.39, 0.29) is 5.41 Å². The third-order valence-corrected chi connectivity index (χ3v) is 4.68. The molecule has 1 heterocycles. The molecule has 150 valence electrons. The molecule has 0 amide bonds. The van der Waals surface area contributed by atoms with Gasteiger partial charge in [-0.15, -0.1) is 0 Å². The molecule has 0 atom stereocenters. The third-order valence-electron chi connectivity index (χ3n) is 4.68. The topological polar surface area (TPSA) is 46.1 Å². The number of unbranched alkanes of at least 4 members (excludes halogenated alkanes) is 2. The van der Waals surface area contributed by atoms with Gasteiger partial charge in [0.25, 0.3) is 0 Å². The Hall–Kier alpha value is -2.56. The number of halogens is 1. The highest BCUT2D eigenvalue weighted by atomic mass is 19.1. The predicted molar refractivity (Wildman–Crippen MR) is 113 cm³/mol. The van der Waals surface area contributed by atoms with Crippen molar-refractivity contribution in [2.24, 2.45) is 0 Å². The van der Waals surface area contributed by atoms with E-state index in [1.54, 1.807) is 18.5 Å². The minimum Gasteiger partial charge on any atom is -0.380 e. The highest BCUT2D eigenvalue weighted by molar-refractivity contribution is 5.84. The van der Waals surface area contributed by atoms with Crippen molar-refractivity contribution in [1.82, 2.24) is 14.9 Å². The molecule has 2 rings (SSSR count). The van der Waals surface area contributed by atoms with Crippen LogP contribution < -0.4 is 0 Å². The lowest BCUT2D eigenvalue weighted by Crippen LogP contribution is -2.12. The van der Waals surface area contributed by atoms with Gasteiger partial charge in [0.1, 0.15) is 5.82 Å². The smallest absolute Gasteiger partial charge is 0.162 e. The predicted octanol–water partition coefficient (Wildman–Crippen LogP) is 5.49. The van der Waals surface area contributed by atoms with Gasteiger partial charge in [0.15, 0.2) is 12.1 Å². The van der Waals surface area contributed by atoms with E-state index in [0.29, 0.717) is 28.8 Å². The fourth-order valence-corrected chi connectivity index (χ4v) is 2.77. The summed E-state index contributed by atoms with van der Waals surface area (Å²) >= 11 is 0. The molecular weight excluding hydrogens is 353 g/mol. The second-order valence-electron chi connectivity index (χ2n) is 8.13. The highest BCUT2D eigenvalue weighted by Gasteiger charge is 2.17. The SMILES string of the molecule is CCCCCN(C)/C=C\c1cc(-c2ncc(C(C)(C)C)cn2)c(F)cc1C=O. The van der Waals surface area contributed by atoms with Gasteiger partial charge in [-0.3, -0.25) is 4.79 Å². The van der Waals surface area contributed by atoms with Crippen molar-refractivity contribution in [2.75, 3.05) is 13.6 Å². The van der Waals surface area contributed by atoms with Crippen molar-refractivity contribution < 1.29 is 9.18 Å². The van der Waals surface area contributed by atoms with Crippen molar-refractivity contribution in [3.63, 3.8) is 0 Å². The molecular formula is C23H30FN3O. The maximum Gasteiger partial charge on any atom is 0.162 e. The number of nitrogens with zero attached hydrogens (tertiary/aromatic N) is 3. The molecule has 28 heavy (non-hydrogen) atoms. The third kappa shape index (κ3) is 5.72. The molecule has 1 aromatic heterocycles. The molecule has 0 unspecified atom stereocenters. The molecule has 0 N–H and O–H groups in total. The van der Waals surface area contributed by atoms with E-state index in [4.69, 9.17) is 0 Å². The van der Waals surface area contributed by atoms with Gasteiger partial charge in [-0.2, -0.15) is 0 Å². The zero-order valence-corrected chi connectivity index (χ0v) is 17.5. The van der Waals surface area contributed by atoms with Crippen LogP contribution in [0.15, 0.2) is 30.7 Å². The van der Waals surface area contributed by atoms with Crippen molar-refractivity contribution in [3.05, 3.63) is 53.2 Å². The first kappa shape index (κ1) is 21.7. The number of rotatable bonds is 8. The summed E-state index contributed by atoms with van der Waals surface area (Å²) in [6.07, 6.45) is 11.3. The number of benzene rings is 1. The van der Waals surface area contributed by atoms with Crippen molar-refractivity contribution in [1.29, 1.82) is 0 Å². The monoisotopic (exact) mass is 383 g/mol. The van der Waals surface area contributed by atoms with Gasteiger partial charge in [-0.1, -0.05) is 40.5 Å². The number of hydrogen-bond acceptors (Lipinski definition) is 4. The van der Waals surface area contributed by atoms with Crippen LogP contribution in [0.1, 0.15) is 68.4 Å². The van der Waals surface area contributed by atoms with Gasteiger partial charge < -0.3 is 4.90 Å². The Kier molecular flexibility index (Phi) is 7.44. The van der Waals surface area contributed by atoms with Gasteiger partial charge in [0, 0.05) is 31.5 Å². The molecule has 0 saturated carbocycles. The first-order valence-electron chi connectivity index (χ1n) is 9.76. The lowest BCUT2D eigenvalue weighted by molar-refractivity contribution is 0.112. The number of aromatic nitrogens is 2. The lowest BCUT2D eigenvalue weighted by Gasteiger charge is -2.18. The summed E-state index contributed by atoms with van der Waals surface area (Å²) < 4.78 is 14.6. The van der Waals surface area contributed by atoms with Gasteiger partial charge in [0.2, 0.25) is 0 Å². The van der Waals surface area contributed by atoms with E-state index in [1.807, 2.05) is 19.3 Å². The molecule has 0 fully saturated rings. The molecule has 0 bridgehead atoms. The molecule has 2 aromatic rings.